The molecular weight excluding hydrogens is 657 g/mol. The van der Waals surface area contributed by atoms with Crippen molar-refractivity contribution in [2.75, 3.05) is 0 Å². The Morgan fingerprint density at radius 3 is 1.52 bits per heavy atom. The quantitative estimate of drug-likeness (QED) is 0.181. The van der Waals surface area contributed by atoms with E-state index in [1.165, 1.54) is 21.9 Å². The second-order valence-corrected chi connectivity index (χ2v) is 13.6. The summed E-state index contributed by atoms with van der Waals surface area (Å²) in [6, 6.07) is 68.1. The SMILES string of the molecule is N#Cc1cccc(-n2c3ccc(-c4ccccc4)cc3c3c(-c4ccc5c(c4)c4cc(-c6ccccc6)ccc4n5-c4ccccc4)cccc32)c1C#N. The largest absolute Gasteiger partial charge is 0.309 e. The first-order valence-corrected chi connectivity index (χ1v) is 18.0. The number of rotatable bonds is 5. The normalized spacial score (nSPS) is 11.3. The zero-order valence-electron chi connectivity index (χ0n) is 29.1. The molecule has 54 heavy (non-hydrogen) atoms. The molecule has 10 aromatic rings. The van der Waals surface area contributed by atoms with E-state index in [2.05, 4.69) is 179 Å². The fraction of sp³-hybridized carbons (Fsp3) is 0. The van der Waals surface area contributed by atoms with E-state index in [-0.39, 0.29) is 0 Å². The average molecular weight is 687 g/mol. The topological polar surface area (TPSA) is 57.4 Å². The van der Waals surface area contributed by atoms with Gasteiger partial charge in [-0.3, -0.25) is 0 Å². The number of aromatic nitrogens is 2. The molecule has 4 heteroatoms. The molecule has 0 atom stereocenters. The van der Waals surface area contributed by atoms with E-state index in [1.807, 2.05) is 18.2 Å². The van der Waals surface area contributed by atoms with Crippen LogP contribution in [0.3, 0.4) is 0 Å². The predicted molar refractivity (Wildman–Crippen MR) is 221 cm³/mol. The van der Waals surface area contributed by atoms with Gasteiger partial charge >= 0.3 is 0 Å². The highest BCUT2D eigenvalue weighted by atomic mass is 15.0. The lowest BCUT2D eigenvalue weighted by Gasteiger charge is -2.11. The molecule has 0 bridgehead atoms. The van der Waals surface area contributed by atoms with Gasteiger partial charge in [0.15, 0.2) is 0 Å². The summed E-state index contributed by atoms with van der Waals surface area (Å²) >= 11 is 0. The summed E-state index contributed by atoms with van der Waals surface area (Å²) in [6.45, 7) is 0. The Morgan fingerprint density at radius 1 is 0.370 bits per heavy atom. The first-order chi connectivity index (χ1) is 26.7. The summed E-state index contributed by atoms with van der Waals surface area (Å²) in [4.78, 5) is 0. The molecule has 0 fully saturated rings. The molecule has 10 rings (SSSR count). The van der Waals surface area contributed by atoms with Crippen molar-refractivity contribution in [1.29, 1.82) is 10.5 Å². The summed E-state index contributed by atoms with van der Waals surface area (Å²) in [5, 5.41) is 24.8. The monoisotopic (exact) mass is 686 g/mol. The maximum atomic E-state index is 10.3. The number of benzene rings is 8. The summed E-state index contributed by atoms with van der Waals surface area (Å²) in [5.41, 5.74) is 13.5. The number of hydrogen-bond acceptors (Lipinski definition) is 2. The lowest BCUT2D eigenvalue weighted by molar-refractivity contribution is 1.16. The van der Waals surface area contributed by atoms with E-state index in [0.717, 1.165) is 60.8 Å². The highest BCUT2D eigenvalue weighted by molar-refractivity contribution is 6.18. The molecule has 4 nitrogen and oxygen atoms in total. The van der Waals surface area contributed by atoms with Crippen molar-refractivity contribution >= 4 is 43.6 Å². The molecule has 0 aliphatic heterocycles. The minimum Gasteiger partial charge on any atom is -0.309 e. The standard InChI is InChI=1S/C50H30N4/c51-31-38-16-10-20-45(44(38)32-52)54-48-26-23-36(34-14-6-2-7-15-34)29-43(48)50-40(19-11-21-49(50)54)37-24-27-47-42(30-37)41-28-35(33-12-4-1-5-13-33)22-25-46(41)53(47)39-17-8-3-9-18-39/h1-30H. The first-order valence-electron chi connectivity index (χ1n) is 18.0. The van der Waals surface area contributed by atoms with Gasteiger partial charge in [-0.2, -0.15) is 10.5 Å². The van der Waals surface area contributed by atoms with Gasteiger partial charge in [0.25, 0.3) is 0 Å². The average Bonchev–Trinajstić information content (AvgIpc) is 3.76. The molecule has 0 N–H and O–H groups in total. The van der Waals surface area contributed by atoms with Crippen LogP contribution >= 0.6 is 0 Å². The van der Waals surface area contributed by atoms with Gasteiger partial charge in [0.05, 0.1) is 38.9 Å². The van der Waals surface area contributed by atoms with Crippen LogP contribution in [0.2, 0.25) is 0 Å². The van der Waals surface area contributed by atoms with Crippen LogP contribution in [0, 0.1) is 22.7 Å². The third kappa shape index (κ3) is 4.83. The van der Waals surface area contributed by atoms with Gasteiger partial charge in [-0.15, -0.1) is 0 Å². The fourth-order valence-electron chi connectivity index (χ4n) is 8.17. The van der Waals surface area contributed by atoms with E-state index >= 15 is 0 Å². The number of para-hydroxylation sites is 1. The van der Waals surface area contributed by atoms with Crippen LogP contribution in [-0.4, -0.2) is 9.13 Å². The van der Waals surface area contributed by atoms with Crippen LogP contribution in [0.5, 0.6) is 0 Å². The van der Waals surface area contributed by atoms with Gasteiger partial charge in [0.1, 0.15) is 12.1 Å². The van der Waals surface area contributed by atoms with Crippen molar-refractivity contribution in [2.45, 2.75) is 0 Å². The summed E-state index contributed by atoms with van der Waals surface area (Å²) in [6.07, 6.45) is 0. The Balaban J connectivity index is 1.28. The van der Waals surface area contributed by atoms with Gasteiger partial charge in [0, 0.05) is 27.2 Å². The zero-order valence-corrected chi connectivity index (χ0v) is 29.1. The Morgan fingerprint density at radius 2 is 0.907 bits per heavy atom. The van der Waals surface area contributed by atoms with Crippen LogP contribution in [0.4, 0.5) is 0 Å². The smallest absolute Gasteiger partial charge is 0.103 e. The molecule has 0 saturated heterocycles. The number of nitriles is 2. The van der Waals surface area contributed by atoms with Crippen molar-refractivity contribution in [3.63, 3.8) is 0 Å². The molecule has 0 unspecified atom stereocenters. The highest BCUT2D eigenvalue weighted by Crippen LogP contribution is 2.43. The highest BCUT2D eigenvalue weighted by Gasteiger charge is 2.21. The minimum atomic E-state index is 0.359. The van der Waals surface area contributed by atoms with Gasteiger partial charge in [-0.1, -0.05) is 115 Å². The van der Waals surface area contributed by atoms with E-state index in [0.29, 0.717) is 16.8 Å². The molecule has 0 spiro atoms. The lowest BCUT2D eigenvalue weighted by Crippen LogP contribution is -1.99. The zero-order chi connectivity index (χ0) is 36.2. The first kappa shape index (κ1) is 31.1. The van der Waals surface area contributed by atoms with Gasteiger partial charge in [-0.25, -0.2) is 0 Å². The third-order valence-electron chi connectivity index (χ3n) is 10.6. The molecule has 0 radical (unpaired) electrons. The van der Waals surface area contributed by atoms with Crippen LogP contribution in [0.15, 0.2) is 182 Å². The van der Waals surface area contributed by atoms with Crippen molar-refractivity contribution in [1.82, 2.24) is 9.13 Å². The van der Waals surface area contributed by atoms with Gasteiger partial charge in [0.2, 0.25) is 0 Å². The molecule has 8 aromatic carbocycles. The van der Waals surface area contributed by atoms with E-state index in [9.17, 15) is 10.5 Å². The lowest BCUT2D eigenvalue weighted by atomic mass is 9.96. The summed E-state index contributed by atoms with van der Waals surface area (Å²) < 4.78 is 4.50. The van der Waals surface area contributed by atoms with Gasteiger partial charge in [-0.05, 0) is 100 Å². The Kier molecular flexibility index (Phi) is 7.22. The van der Waals surface area contributed by atoms with E-state index < -0.39 is 0 Å². The molecule has 2 aromatic heterocycles. The Hall–Kier alpha value is -7.66. The van der Waals surface area contributed by atoms with Crippen LogP contribution in [0.1, 0.15) is 11.1 Å². The maximum absolute atomic E-state index is 10.3. The number of hydrogen-bond donors (Lipinski definition) is 0. The molecule has 0 amide bonds. The Bertz CT molecular complexity index is 3160. The van der Waals surface area contributed by atoms with Crippen molar-refractivity contribution in [3.05, 3.63) is 193 Å². The second kappa shape index (κ2) is 12.5. The summed E-state index contributed by atoms with van der Waals surface area (Å²) in [5.74, 6) is 0. The molecule has 0 aliphatic rings. The van der Waals surface area contributed by atoms with E-state index in [1.54, 1.807) is 6.07 Å². The Labute approximate surface area is 312 Å². The second-order valence-electron chi connectivity index (χ2n) is 13.6. The number of nitrogens with zero attached hydrogens (tertiary/aromatic N) is 4. The number of fused-ring (bicyclic) bond motifs is 6. The molecule has 2 heterocycles. The third-order valence-corrected chi connectivity index (χ3v) is 10.6. The van der Waals surface area contributed by atoms with Crippen LogP contribution < -0.4 is 0 Å². The molecule has 0 aliphatic carbocycles. The molecular formula is C50H30N4. The van der Waals surface area contributed by atoms with Crippen LogP contribution in [0.25, 0.3) is 88.4 Å². The fourth-order valence-corrected chi connectivity index (χ4v) is 8.17. The maximum Gasteiger partial charge on any atom is 0.103 e. The predicted octanol–water partition coefficient (Wildman–Crippen LogP) is 12.6. The van der Waals surface area contributed by atoms with Crippen molar-refractivity contribution in [3.8, 4) is 56.9 Å². The molecule has 250 valence electrons. The summed E-state index contributed by atoms with van der Waals surface area (Å²) in [7, 11) is 0. The van der Waals surface area contributed by atoms with E-state index in [4.69, 9.17) is 0 Å². The van der Waals surface area contributed by atoms with Crippen molar-refractivity contribution < 1.29 is 0 Å². The van der Waals surface area contributed by atoms with Gasteiger partial charge < -0.3 is 9.13 Å². The van der Waals surface area contributed by atoms with Crippen molar-refractivity contribution in [2.24, 2.45) is 0 Å². The minimum absolute atomic E-state index is 0.359. The van der Waals surface area contributed by atoms with Crippen LogP contribution in [-0.2, 0) is 0 Å². The molecule has 0 saturated carbocycles.